The van der Waals surface area contributed by atoms with Crippen molar-refractivity contribution in [2.24, 2.45) is 0 Å². The molecule has 350 valence electrons. The average molecular weight is 906 g/mol. The minimum Gasteiger partial charge on any atom is -0.403 e. The fraction of sp³-hybridized carbons (Fsp3) is 1.00. The van der Waals surface area contributed by atoms with E-state index in [1.54, 1.807) is 0 Å². The predicted molar refractivity (Wildman–Crippen MR) is 271 cm³/mol. The summed E-state index contributed by atoms with van der Waals surface area (Å²) in [6.45, 7) is 53.7. The summed E-state index contributed by atoms with van der Waals surface area (Å²) < 4.78 is 40.7. The van der Waals surface area contributed by atoms with E-state index in [1.165, 1.54) is 0 Å². The van der Waals surface area contributed by atoms with Crippen molar-refractivity contribution in [3.8, 4) is 0 Å². The molecule has 0 atom stereocenters. The Morgan fingerprint density at radius 3 is 1.32 bits per heavy atom. The molecule has 0 aromatic heterocycles. The lowest BCUT2D eigenvalue weighted by Gasteiger charge is -2.56. The molecule has 0 aliphatic rings. The van der Waals surface area contributed by atoms with E-state index in [2.05, 4.69) is 188 Å². The van der Waals surface area contributed by atoms with Crippen molar-refractivity contribution in [1.82, 2.24) is 0 Å². The zero-order chi connectivity index (χ0) is 45.8. The van der Waals surface area contributed by atoms with E-state index in [-0.39, 0.29) is 41.0 Å². The van der Waals surface area contributed by atoms with Gasteiger partial charge in [-0.2, -0.15) is 0 Å². The van der Waals surface area contributed by atoms with Crippen LogP contribution in [-0.4, -0.2) is 122 Å². The van der Waals surface area contributed by atoms with Gasteiger partial charge in [-0.25, -0.2) is 20.1 Å². The van der Waals surface area contributed by atoms with E-state index in [0.717, 1.165) is 57.3 Å². The zero-order valence-corrected chi connectivity index (χ0v) is 48.2. The molecule has 0 saturated carbocycles. The maximum absolute atomic E-state index is 7.23. The Morgan fingerprint density at radius 2 is 0.895 bits per heavy atom. The molecule has 0 rings (SSSR count). The van der Waals surface area contributed by atoms with Gasteiger partial charge in [-0.05, 0) is 181 Å². The van der Waals surface area contributed by atoms with Gasteiger partial charge in [0, 0.05) is 19.8 Å². The van der Waals surface area contributed by atoms with Crippen LogP contribution in [0, 0.1) is 0 Å². The summed E-state index contributed by atoms with van der Waals surface area (Å²) in [7, 11) is -7.34. The Bertz CT molecular complexity index is 1230. The third kappa shape index (κ3) is 17.0. The van der Waals surface area contributed by atoms with Gasteiger partial charge in [-0.3, -0.25) is 0 Å². The van der Waals surface area contributed by atoms with Crippen molar-refractivity contribution in [3.05, 3.63) is 0 Å². The van der Waals surface area contributed by atoms with E-state index in [0.29, 0.717) is 6.61 Å². The van der Waals surface area contributed by atoms with E-state index >= 15 is 0 Å². The Kier molecular flexibility index (Phi) is 20.4. The van der Waals surface area contributed by atoms with Crippen molar-refractivity contribution < 1.29 is 27.6 Å². The van der Waals surface area contributed by atoms with Crippen molar-refractivity contribution in [3.63, 3.8) is 0 Å². The standard InChI is InChI=1S/C46H104O6S3Si2/c1-39(2,3)54(21,22)43(11,12)49-35-31-41(7,8)47-33-29-37-53(19,20)44(13,14)51-55(23,24)45(15,16)52-56(25,26)38-30-34-48-42(9,10)32-36-50-46(17,18)57(27,28)40(4,5)6/h29-38H2,1-28H3. The molecule has 57 heavy (non-hydrogen) atoms. The van der Waals surface area contributed by atoms with Crippen LogP contribution in [0.1, 0.15) is 150 Å². The second-order valence-electron chi connectivity index (χ2n) is 24.3. The third-order valence-corrected chi connectivity index (χ3v) is 37.4. The summed E-state index contributed by atoms with van der Waals surface area (Å²) >= 11 is 0. The Morgan fingerprint density at radius 1 is 0.474 bits per heavy atom. The molecule has 0 radical (unpaired) electrons. The fourth-order valence-corrected chi connectivity index (χ4v) is 18.4. The molecule has 0 bridgehead atoms. The van der Waals surface area contributed by atoms with Gasteiger partial charge in [0.25, 0.3) is 0 Å². The minimum absolute atomic E-state index is 0.0994. The molecular formula is C46H104O6S3Si2. The predicted octanol–water partition coefficient (Wildman–Crippen LogP) is 14.3. The Balaban J connectivity index is 5.13. The van der Waals surface area contributed by atoms with Crippen molar-refractivity contribution in [2.75, 3.05) is 69.7 Å². The lowest BCUT2D eigenvalue weighted by molar-refractivity contribution is -0.0556. The van der Waals surface area contributed by atoms with Crippen LogP contribution in [-0.2, 0) is 27.6 Å². The molecule has 0 fully saturated rings. The molecule has 11 heteroatoms. The molecule has 0 aromatic carbocycles. The molecule has 0 aliphatic heterocycles. The molecule has 0 N–H and O–H groups in total. The average Bonchev–Trinajstić information content (AvgIpc) is 2.94. The molecule has 0 aromatic rings. The topological polar surface area (TPSA) is 55.4 Å². The first-order chi connectivity index (χ1) is 24.7. The van der Waals surface area contributed by atoms with Crippen LogP contribution in [0.2, 0.25) is 37.3 Å². The van der Waals surface area contributed by atoms with Crippen LogP contribution in [0.25, 0.3) is 0 Å². The molecule has 0 amide bonds. The number of hydrogen-bond donors (Lipinski definition) is 0. The number of ether oxygens (including phenoxy) is 4. The number of rotatable bonds is 26. The zero-order valence-electron chi connectivity index (χ0n) is 43.7. The van der Waals surface area contributed by atoms with Gasteiger partial charge < -0.3 is 27.6 Å². The highest BCUT2D eigenvalue weighted by Gasteiger charge is 2.49. The highest BCUT2D eigenvalue weighted by atomic mass is 32.3. The summed E-state index contributed by atoms with van der Waals surface area (Å²) in [4.78, 5) is -0.797. The fourth-order valence-electron chi connectivity index (χ4n) is 6.58. The van der Waals surface area contributed by atoms with E-state index < -0.39 is 46.8 Å². The van der Waals surface area contributed by atoms with Gasteiger partial charge in [0.05, 0.1) is 36.0 Å². The molecule has 0 unspecified atom stereocenters. The normalized spacial score (nSPS) is 16.6. The van der Waals surface area contributed by atoms with E-state index in [9.17, 15) is 0 Å². The summed E-state index contributed by atoms with van der Waals surface area (Å²) in [5.74, 6) is 1.09. The van der Waals surface area contributed by atoms with Crippen molar-refractivity contribution in [2.45, 2.75) is 224 Å². The molecule has 0 spiro atoms. The van der Waals surface area contributed by atoms with Crippen molar-refractivity contribution >= 4 is 46.8 Å². The molecular weight excluding hydrogens is 801 g/mol. The third-order valence-electron chi connectivity index (χ3n) is 14.6. The van der Waals surface area contributed by atoms with Crippen LogP contribution >= 0.6 is 30.4 Å². The summed E-state index contributed by atoms with van der Waals surface area (Å²) in [5.41, 5.74) is -0.457. The maximum atomic E-state index is 7.23. The Labute approximate surface area is 365 Å². The first kappa shape index (κ1) is 58.2. The van der Waals surface area contributed by atoms with Gasteiger partial charge in [-0.15, -0.1) is 10.3 Å². The lowest BCUT2D eigenvalue weighted by atomic mass is 10.1. The summed E-state index contributed by atoms with van der Waals surface area (Å²) in [5, 5.41) is 0.178. The summed E-state index contributed by atoms with van der Waals surface area (Å²) in [6, 6.07) is 1.05. The van der Waals surface area contributed by atoms with Gasteiger partial charge in [0.2, 0.25) is 0 Å². The smallest absolute Gasteiger partial charge is 0.188 e. The first-order valence-electron chi connectivity index (χ1n) is 21.9. The SMILES string of the molecule is CC(C)(CCOC(C)(C)[Si](C)(C)C(C)(C)C)OCCC[Si](C)(C)OC(C)(C)S(C)(C)OC(C)(C)S(C)(C)CCCOC(C)(C)CCOC(C)(C)S(C)(C)C(C)(C)C. The van der Waals surface area contributed by atoms with Crippen LogP contribution in [0.3, 0.4) is 0 Å². The largest absolute Gasteiger partial charge is 0.403 e. The highest BCUT2D eigenvalue weighted by molar-refractivity contribution is 8.35. The number of hydrogen-bond acceptors (Lipinski definition) is 6. The minimum atomic E-state index is -2.01. The Hall–Kier alpha value is 1.24. The second-order valence-corrected chi connectivity index (χ2v) is 47.4. The monoisotopic (exact) mass is 905 g/mol. The second kappa shape index (κ2) is 20.0. The van der Waals surface area contributed by atoms with Gasteiger partial charge in [-0.1, -0.05) is 54.6 Å². The van der Waals surface area contributed by atoms with E-state index in [1.807, 2.05) is 0 Å². The van der Waals surface area contributed by atoms with Crippen molar-refractivity contribution in [1.29, 1.82) is 0 Å². The molecule has 6 nitrogen and oxygen atoms in total. The van der Waals surface area contributed by atoms with E-state index in [4.69, 9.17) is 27.6 Å². The lowest BCUT2D eigenvalue weighted by Crippen LogP contribution is -2.58. The highest BCUT2D eigenvalue weighted by Crippen LogP contribution is 2.65. The maximum Gasteiger partial charge on any atom is 0.188 e. The summed E-state index contributed by atoms with van der Waals surface area (Å²) in [6.07, 6.45) is 18.0. The first-order valence-corrected chi connectivity index (χ1v) is 35.4. The molecule has 0 aliphatic carbocycles. The van der Waals surface area contributed by atoms with Crippen LogP contribution < -0.4 is 0 Å². The van der Waals surface area contributed by atoms with Crippen LogP contribution in [0.5, 0.6) is 0 Å². The van der Waals surface area contributed by atoms with Crippen LogP contribution in [0.15, 0.2) is 0 Å². The van der Waals surface area contributed by atoms with Gasteiger partial charge in [0.15, 0.2) is 8.32 Å². The molecule has 0 heterocycles. The van der Waals surface area contributed by atoms with Crippen LogP contribution in [0.4, 0.5) is 0 Å². The van der Waals surface area contributed by atoms with Gasteiger partial charge in [0.1, 0.15) is 9.87 Å². The quantitative estimate of drug-likeness (QED) is 0.0637. The van der Waals surface area contributed by atoms with Gasteiger partial charge >= 0.3 is 0 Å². The molecule has 0 saturated heterocycles.